The van der Waals surface area contributed by atoms with Gasteiger partial charge in [0, 0.05) is 24.1 Å². The highest BCUT2D eigenvalue weighted by Gasteiger charge is 2.41. The number of para-hydroxylation sites is 1. The van der Waals surface area contributed by atoms with Crippen LogP contribution in [0.5, 0.6) is 0 Å². The van der Waals surface area contributed by atoms with Gasteiger partial charge in [-0.2, -0.15) is 0 Å². The van der Waals surface area contributed by atoms with Gasteiger partial charge < -0.3 is 19.9 Å². The minimum absolute atomic E-state index is 0.0381. The summed E-state index contributed by atoms with van der Waals surface area (Å²) in [5.41, 5.74) is 8.24. The maximum atomic E-state index is 9.70. The number of aliphatic hydroxyl groups is 1. The molecule has 2 N–H and O–H groups in total. The highest BCUT2D eigenvalue weighted by atomic mass is 32.1. The van der Waals surface area contributed by atoms with Crippen molar-refractivity contribution in [2.45, 2.75) is 39.8 Å². The second kappa shape index (κ2) is 8.20. The Bertz CT molecular complexity index is 1060. The molecule has 3 aromatic rings. The summed E-state index contributed by atoms with van der Waals surface area (Å²) in [6.07, 6.45) is 1.81. The zero-order valence-corrected chi connectivity index (χ0v) is 18.7. The van der Waals surface area contributed by atoms with Gasteiger partial charge >= 0.3 is 0 Å². The first-order valence-electron chi connectivity index (χ1n) is 10.3. The Morgan fingerprint density at radius 1 is 1.07 bits per heavy atom. The van der Waals surface area contributed by atoms with E-state index in [4.69, 9.17) is 12.2 Å². The van der Waals surface area contributed by atoms with E-state index in [0.717, 1.165) is 5.69 Å². The van der Waals surface area contributed by atoms with Gasteiger partial charge in [-0.1, -0.05) is 24.3 Å². The second-order valence-corrected chi connectivity index (χ2v) is 8.33. The molecule has 1 aliphatic heterocycles. The minimum Gasteiger partial charge on any atom is -0.395 e. The molecule has 1 fully saturated rings. The lowest BCUT2D eigenvalue weighted by molar-refractivity contribution is 0.223. The molecule has 4 rings (SSSR count). The van der Waals surface area contributed by atoms with Crippen molar-refractivity contribution in [1.82, 2.24) is 19.8 Å². The molecule has 1 aromatic carbocycles. The van der Waals surface area contributed by atoms with E-state index >= 15 is 0 Å². The number of benzene rings is 1. The molecule has 6 heteroatoms. The second-order valence-electron chi connectivity index (χ2n) is 7.95. The first-order valence-corrected chi connectivity index (χ1v) is 10.7. The number of β-amino-alcohol motifs (C(OH)–C–C–N with tert-alkyl or cyclic N) is 1. The Kier molecular flexibility index (Phi) is 5.62. The molecule has 1 saturated heterocycles. The summed E-state index contributed by atoms with van der Waals surface area (Å²) in [7, 11) is 0. The van der Waals surface area contributed by atoms with Crippen molar-refractivity contribution in [3.63, 3.8) is 0 Å². The fourth-order valence-corrected chi connectivity index (χ4v) is 5.01. The summed E-state index contributed by atoms with van der Waals surface area (Å²) >= 11 is 5.65. The Balaban J connectivity index is 1.87. The molecule has 3 heterocycles. The van der Waals surface area contributed by atoms with Gasteiger partial charge in [0.2, 0.25) is 0 Å². The highest BCUT2D eigenvalue weighted by molar-refractivity contribution is 7.80. The summed E-state index contributed by atoms with van der Waals surface area (Å²) in [5.74, 6) is 0. The van der Waals surface area contributed by atoms with Crippen LogP contribution in [0.4, 0.5) is 0 Å². The lowest BCUT2D eigenvalue weighted by atomic mass is 9.96. The van der Waals surface area contributed by atoms with Crippen LogP contribution in [0.2, 0.25) is 0 Å². The summed E-state index contributed by atoms with van der Waals surface area (Å²) in [6.45, 7) is 9.15. The standard InChI is InChI=1S/C24H28N4OS/c1-15-8-7-9-16(2)22(15)28-17(3)14-19(18(28)4)23-21(20-10-5-6-11-25-20)26-24(30)27(23)12-13-29/h5-11,14,21,23,29H,12-13H2,1-4H3,(H,26,30). The van der Waals surface area contributed by atoms with E-state index in [2.05, 4.69) is 71.7 Å². The molecule has 0 saturated carbocycles. The molecule has 2 atom stereocenters. The van der Waals surface area contributed by atoms with E-state index < -0.39 is 0 Å². The minimum atomic E-state index is -0.0721. The van der Waals surface area contributed by atoms with Crippen LogP contribution in [-0.4, -0.2) is 37.8 Å². The van der Waals surface area contributed by atoms with Crippen LogP contribution in [-0.2, 0) is 0 Å². The van der Waals surface area contributed by atoms with E-state index in [9.17, 15) is 5.11 Å². The van der Waals surface area contributed by atoms with E-state index in [0.29, 0.717) is 11.7 Å². The third-order valence-electron chi connectivity index (χ3n) is 5.99. The predicted molar refractivity (Wildman–Crippen MR) is 124 cm³/mol. The van der Waals surface area contributed by atoms with Gasteiger partial charge in [0.05, 0.1) is 30.1 Å². The van der Waals surface area contributed by atoms with Crippen LogP contribution in [0.25, 0.3) is 5.69 Å². The lowest BCUT2D eigenvalue weighted by Crippen LogP contribution is -2.32. The molecule has 156 valence electrons. The Hall–Kier alpha value is -2.70. The van der Waals surface area contributed by atoms with E-state index in [1.165, 1.54) is 33.8 Å². The van der Waals surface area contributed by atoms with Crippen molar-refractivity contribution in [2.75, 3.05) is 13.2 Å². The van der Waals surface area contributed by atoms with Crippen LogP contribution in [0.15, 0.2) is 48.7 Å². The SMILES string of the molecule is Cc1cccc(C)c1-n1c(C)cc(C2C(c3ccccn3)NC(=S)N2CCO)c1C. The molecule has 0 radical (unpaired) electrons. The van der Waals surface area contributed by atoms with Crippen LogP contribution >= 0.6 is 12.2 Å². The first kappa shape index (κ1) is 20.6. The summed E-state index contributed by atoms with van der Waals surface area (Å²) in [6, 6.07) is 14.5. The number of rotatable bonds is 5. The first-order chi connectivity index (χ1) is 14.4. The van der Waals surface area contributed by atoms with Crippen molar-refractivity contribution < 1.29 is 5.11 Å². The van der Waals surface area contributed by atoms with Crippen LogP contribution in [0.3, 0.4) is 0 Å². The highest BCUT2D eigenvalue weighted by Crippen LogP contribution is 2.41. The molecule has 0 bridgehead atoms. The van der Waals surface area contributed by atoms with Crippen LogP contribution < -0.4 is 5.32 Å². The number of hydrogen-bond donors (Lipinski definition) is 2. The molecule has 2 unspecified atom stereocenters. The lowest BCUT2D eigenvalue weighted by Gasteiger charge is -2.27. The number of aryl methyl sites for hydroxylation is 3. The number of thiocarbonyl (C=S) groups is 1. The number of nitrogens with zero attached hydrogens (tertiary/aromatic N) is 3. The average molecular weight is 421 g/mol. The Morgan fingerprint density at radius 3 is 2.43 bits per heavy atom. The third-order valence-corrected chi connectivity index (χ3v) is 6.34. The Labute approximate surface area is 183 Å². The predicted octanol–water partition coefficient (Wildman–Crippen LogP) is 4.07. The van der Waals surface area contributed by atoms with Gasteiger partial charge in [0.25, 0.3) is 0 Å². The molecule has 1 aliphatic rings. The van der Waals surface area contributed by atoms with E-state index in [1.54, 1.807) is 0 Å². The fourth-order valence-electron chi connectivity index (χ4n) is 4.68. The van der Waals surface area contributed by atoms with E-state index in [-0.39, 0.29) is 18.7 Å². The maximum absolute atomic E-state index is 9.70. The van der Waals surface area contributed by atoms with Gasteiger partial charge in [-0.15, -0.1) is 0 Å². The molecule has 0 spiro atoms. The van der Waals surface area contributed by atoms with Gasteiger partial charge in [0.1, 0.15) is 0 Å². The number of pyridine rings is 1. The summed E-state index contributed by atoms with van der Waals surface area (Å²) < 4.78 is 2.34. The number of aliphatic hydroxyl groups excluding tert-OH is 1. The number of nitrogens with one attached hydrogen (secondary N) is 1. The molecule has 0 amide bonds. The smallest absolute Gasteiger partial charge is 0.170 e. The molecule has 30 heavy (non-hydrogen) atoms. The summed E-state index contributed by atoms with van der Waals surface area (Å²) in [5, 5.41) is 13.8. The Morgan fingerprint density at radius 2 is 1.80 bits per heavy atom. The monoisotopic (exact) mass is 420 g/mol. The topological polar surface area (TPSA) is 53.3 Å². The van der Waals surface area contributed by atoms with E-state index in [1.807, 2.05) is 24.4 Å². The normalized spacial score (nSPS) is 18.7. The van der Waals surface area contributed by atoms with Crippen molar-refractivity contribution >= 4 is 17.3 Å². The van der Waals surface area contributed by atoms with Gasteiger partial charge in [0.15, 0.2) is 5.11 Å². The molecule has 5 nitrogen and oxygen atoms in total. The largest absolute Gasteiger partial charge is 0.395 e. The fraction of sp³-hybridized carbons (Fsp3) is 0.333. The number of aromatic nitrogens is 2. The zero-order valence-electron chi connectivity index (χ0n) is 17.9. The average Bonchev–Trinajstić information content (AvgIpc) is 3.20. The molecule has 2 aromatic heterocycles. The maximum Gasteiger partial charge on any atom is 0.170 e. The van der Waals surface area contributed by atoms with Crippen molar-refractivity contribution in [1.29, 1.82) is 0 Å². The molecular formula is C24H28N4OS. The van der Waals surface area contributed by atoms with Crippen LogP contribution in [0, 0.1) is 27.7 Å². The van der Waals surface area contributed by atoms with Gasteiger partial charge in [-0.25, -0.2) is 0 Å². The van der Waals surface area contributed by atoms with Gasteiger partial charge in [-0.05, 0) is 74.8 Å². The zero-order chi connectivity index (χ0) is 21.4. The van der Waals surface area contributed by atoms with Crippen molar-refractivity contribution in [3.8, 4) is 5.69 Å². The van der Waals surface area contributed by atoms with Crippen molar-refractivity contribution in [2.24, 2.45) is 0 Å². The summed E-state index contributed by atoms with van der Waals surface area (Å²) in [4.78, 5) is 6.68. The van der Waals surface area contributed by atoms with Crippen LogP contribution in [0.1, 0.15) is 45.9 Å². The third kappa shape index (κ3) is 3.40. The molecular weight excluding hydrogens is 392 g/mol. The quantitative estimate of drug-likeness (QED) is 0.610. The van der Waals surface area contributed by atoms with Gasteiger partial charge in [-0.3, -0.25) is 4.98 Å². The molecule has 0 aliphatic carbocycles. The van der Waals surface area contributed by atoms with Crippen molar-refractivity contribution in [3.05, 3.63) is 82.4 Å². The number of hydrogen-bond acceptors (Lipinski definition) is 3.